The first-order chi connectivity index (χ1) is 6.61. The third-order valence-electron chi connectivity index (χ3n) is 1.45. The van der Waals surface area contributed by atoms with Crippen molar-refractivity contribution in [1.29, 1.82) is 0 Å². The number of hydrogen-bond donors (Lipinski definition) is 0. The molecule has 0 aliphatic carbocycles. The fourth-order valence-corrected chi connectivity index (χ4v) is 1.83. The van der Waals surface area contributed by atoms with Crippen LogP contribution in [0.3, 0.4) is 0 Å². The normalized spacial score (nSPS) is 9.79. The predicted octanol–water partition coefficient (Wildman–Crippen LogP) is 3.44. The van der Waals surface area contributed by atoms with Crippen molar-refractivity contribution < 1.29 is 4.92 Å². The summed E-state index contributed by atoms with van der Waals surface area (Å²) >= 11 is 6.88. The summed E-state index contributed by atoms with van der Waals surface area (Å²) in [4.78, 5) is 10.8. The predicted molar refractivity (Wildman–Crippen MR) is 58.8 cm³/mol. The first kappa shape index (κ1) is 11.1. The highest BCUT2D eigenvalue weighted by molar-refractivity contribution is 7.99. The molecule has 1 aromatic carbocycles. The van der Waals surface area contributed by atoms with Gasteiger partial charge in [-0.2, -0.15) is 0 Å². The van der Waals surface area contributed by atoms with E-state index < -0.39 is 4.92 Å². The Morgan fingerprint density at radius 1 is 1.57 bits per heavy atom. The second kappa shape index (κ2) is 5.02. The smallest absolute Gasteiger partial charge is 0.258 e. The quantitative estimate of drug-likeness (QED) is 0.451. The van der Waals surface area contributed by atoms with Gasteiger partial charge in [-0.3, -0.25) is 10.1 Å². The molecule has 1 aromatic rings. The number of benzene rings is 1. The Hall–Kier alpha value is -1.00. The van der Waals surface area contributed by atoms with E-state index in [-0.39, 0.29) is 5.69 Å². The summed E-state index contributed by atoms with van der Waals surface area (Å²) in [6, 6.07) is 6.56. The van der Waals surface area contributed by atoms with Gasteiger partial charge in [-0.05, 0) is 6.07 Å². The molecule has 0 fully saturated rings. The van der Waals surface area contributed by atoms with Crippen LogP contribution < -0.4 is 0 Å². The van der Waals surface area contributed by atoms with Crippen LogP contribution in [0.2, 0.25) is 0 Å². The maximum absolute atomic E-state index is 10.6. The standard InChI is InChI=1S/C9H8ClNO2S/c1-7(10)6-14-9-5-3-2-4-8(9)11(12)13/h2-5H,1,6H2. The van der Waals surface area contributed by atoms with Crippen molar-refractivity contribution in [3.8, 4) is 0 Å². The third-order valence-corrected chi connectivity index (χ3v) is 2.89. The van der Waals surface area contributed by atoms with E-state index in [2.05, 4.69) is 6.58 Å². The maximum Gasteiger partial charge on any atom is 0.282 e. The first-order valence-electron chi connectivity index (χ1n) is 3.80. The van der Waals surface area contributed by atoms with Gasteiger partial charge < -0.3 is 0 Å². The van der Waals surface area contributed by atoms with Crippen LogP contribution in [0.4, 0.5) is 5.69 Å². The summed E-state index contributed by atoms with van der Waals surface area (Å²) in [7, 11) is 0. The maximum atomic E-state index is 10.6. The Morgan fingerprint density at radius 3 is 2.79 bits per heavy atom. The van der Waals surface area contributed by atoms with E-state index >= 15 is 0 Å². The highest BCUT2D eigenvalue weighted by Crippen LogP contribution is 2.29. The van der Waals surface area contributed by atoms with E-state index in [1.54, 1.807) is 18.2 Å². The number of thioether (sulfide) groups is 1. The molecular weight excluding hydrogens is 222 g/mol. The van der Waals surface area contributed by atoms with Gasteiger partial charge in [-0.25, -0.2) is 0 Å². The van der Waals surface area contributed by atoms with Crippen LogP contribution >= 0.6 is 23.4 Å². The van der Waals surface area contributed by atoms with Crippen molar-refractivity contribution >= 4 is 29.1 Å². The molecule has 1 rings (SSSR count). The highest BCUT2D eigenvalue weighted by atomic mass is 35.5. The van der Waals surface area contributed by atoms with Gasteiger partial charge in [0.05, 0.1) is 9.82 Å². The van der Waals surface area contributed by atoms with Crippen molar-refractivity contribution in [2.24, 2.45) is 0 Å². The van der Waals surface area contributed by atoms with Gasteiger partial charge in [-0.1, -0.05) is 30.3 Å². The van der Waals surface area contributed by atoms with Crippen molar-refractivity contribution in [2.45, 2.75) is 4.90 Å². The van der Waals surface area contributed by atoms with E-state index in [9.17, 15) is 10.1 Å². The Balaban J connectivity index is 2.84. The van der Waals surface area contributed by atoms with Gasteiger partial charge in [0.15, 0.2) is 0 Å². The molecule has 0 aromatic heterocycles. The molecule has 3 nitrogen and oxygen atoms in total. The van der Waals surface area contributed by atoms with Crippen molar-refractivity contribution in [3.63, 3.8) is 0 Å². The number of rotatable bonds is 4. The molecule has 0 saturated heterocycles. The molecule has 0 N–H and O–H groups in total. The van der Waals surface area contributed by atoms with E-state index in [1.165, 1.54) is 17.8 Å². The van der Waals surface area contributed by atoms with E-state index in [1.807, 2.05) is 0 Å². The summed E-state index contributed by atoms with van der Waals surface area (Å²) in [5.41, 5.74) is 0.107. The van der Waals surface area contributed by atoms with E-state index in [0.717, 1.165) is 0 Å². The SMILES string of the molecule is C=C(Cl)CSc1ccccc1[N+](=O)[O-]. The molecule has 0 bridgehead atoms. The lowest BCUT2D eigenvalue weighted by molar-refractivity contribution is -0.387. The molecule has 0 atom stereocenters. The van der Waals surface area contributed by atoms with Gasteiger partial charge in [0.1, 0.15) is 0 Å². The minimum Gasteiger partial charge on any atom is -0.258 e. The lowest BCUT2D eigenvalue weighted by Gasteiger charge is -2.00. The molecule has 0 spiro atoms. The van der Waals surface area contributed by atoms with Crippen LogP contribution in [-0.2, 0) is 0 Å². The number of nitrogens with zero attached hydrogens (tertiary/aromatic N) is 1. The van der Waals surface area contributed by atoms with E-state index in [4.69, 9.17) is 11.6 Å². The van der Waals surface area contributed by atoms with Crippen LogP contribution in [0.1, 0.15) is 0 Å². The summed E-state index contributed by atoms with van der Waals surface area (Å²) in [5, 5.41) is 11.1. The van der Waals surface area contributed by atoms with Crippen LogP contribution in [0, 0.1) is 10.1 Å². The van der Waals surface area contributed by atoms with Gasteiger partial charge in [0.25, 0.3) is 5.69 Å². The fraction of sp³-hybridized carbons (Fsp3) is 0.111. The highest BCUT2D eigenvalue weighted by Gasteiger charge is 2.12. The largest absolute Gasteiger partial charge is 0.282 e. The molecule has 5 heteroatoms. The fourth-order valence-electron chi connectivity index (χ4n) is 0.886. The van der Waals surface area contributed by atoms with Crippen molar-refractivity contribution in [3.05, 3.63) is 46.0 Å². The molecule has 0 aliphatic heterocycles. The topological polar surface area (TPSA) is 43.1 Å². The van der Waals surface area contributed by atoms with Crippen LogP contribution in [0.15, 0.2) is 40.8 Å². The average Bonchev–Trinajstić information content (AvgIpc) is 2.15. The second-order valence-electron chi connectivity index (χ2n) is 2.53. The molecule has 0 heterocycles. The number of nitro benzene ring substituents is 1. The van der Waals surface area contributed by atoms with Gasteiger partial charge in [0.2, 0.25) is 0 Å². The Kier molecular flexibility index (Phi) is 3.98. The average molecular weight is 230 g/mol. The second-order valence-corrected chi connectivity index (χ2v) is 4.08. The molecular formula is C9H8ClNO2S. The minimum absolute atomic E-state index is 0.107. The van der Waals surface area contributed by atoms with E-state index in [0.29, 0.717) is 15.7 Å². The summed E-state index contributed by atoms with van der Waals surface area (Å²) in [6.07, 6.45) is 0. The first-order valence-corrected chi connectivity index (χ1v) is 5.17. The molecule has 0 aliphatic rings. The minimum atomic E-state index is -0.403. The number of halogens is 1. The monoisotopic (exact) mass is 229 g/mol. The summed E-state index contributed by atoms with van der Waals surface area (Å²) in [5.74, 6) is 0.479. The van der Waals surface area contributed by atoms with Crippen LogP contribution in [-0.4, -0.2) is 10.7 Å². The third kappa shape index (κ3) is 3.05. The number of hydrogen-bond acceptors (Lipinski definition) is 3. The van der Waals surface area contributed by atoms with Gasteiger partial charge >= 0.3 is 0 Å². The molecule has 0 radical (unpaired) electrons. The Morgan fingerprint density at radius 2 is 2.21 bits per heavy atom. The van der Waals surface area contributed by atoms with Crippen LogP contribution in [0.25, 0.3) is 0 Å². The Labute approximate surface area is 90.9 Å². The summed E-state index contributed by atoms with van der Waals surface area (Å²) in [6.45, 7) is 3.52. The van der Waals surface area contributed by atoms with Crippen molar-refractivity contribution in [2.75, 3.05) is 5.75 Å². The lowest BCUT2D eigenvalue weighted by atomic mass is 10.3. The number of para-hydroxylation sites is 1. The molecule has 0 unspecified atom stereocenters. The zero-order chi connectivity index (χ0) is 10.6. The summed E-state index contributed by atoms with van der Waals surface area (Å²) < 4.78 is 0. The van der Waals surface area contributed by atoms with Crippen molar-refractivity contribution in [1.82, 2.24) is 0 Å². The Bertz CT molecular complexity index is 368. The van der Waals surface area contributed by atoms with Gasteiger partial charge in [-0.15, -0.1) is 11.8 Å². The lowest BCUT2D eigenvalue weighted by Crippen LogP contribution is -1.90. The molecule has 74 valence electrons. The van der Waals surface area contributed by atoms with Crippen LogP contribution in [0.5, 0.6) is 0 Å². The number of nitro groups is 1. The molecule has 14 heavy (non-hydrogen) atoms. The zero-order valence-corrected chi connectivity index (χ0v) is 8.85. The zero-order valence-electron chi connectivity index (χ0n) is 7.27. The molecule has 0 saturated carbocycles. The molecule has 0 amide bonds. The van der Waals surface area contributed by atoms with Gasteiger partial charge in [0, 0.05) is 16.9 Å².